The zero-order chi connectivity index (χ0) is 20.1. The van der Waals surface area contributed by atoms with Crippen molar-refractivity contribution < 1.29 is 14.7 Å². The summed E-state index contributed by atoms with van der Waals surface area (Å²) < 4.78 is 0. The van der Waals surface area contributed by atoms with Crippen LogP contribution in [0.5, 0.6) is 0 Å². The largest absolute Gasteiger partial charge is 0.388 e. The molecule has 6 nitrogen and oxygen atoms in total. The number of rotatable bonds is 4. The maximum absolute atomic E-state index is 13.0. The second-order valence-electron chi connectivity index (χ2n) is 7.48. The number of hydrogen-bond donors (Lipinski definition) is 3. The summed E-state index contributed by atoms with van der Waals surface area (Å²) in [5, 5.41) is 16.8. The first-order chi connectivity index (χ1) is 13.4. The normalized spacial score (nSPS) is 24.5. The number of carbonyl (C=O) groups excluding carboxylic acids is 2. The Hall–Kier alpha value is -2.86. The van der Waals surface area contributed by atoms with Gasteiger partial charge in [-0.25, -0.2) is 4.79 Å². The fraction of sp³-hybridized carbons (Fsp3) is 0.364. The molecule has 1 saturated heterocycles. The Bertz CT molecular complexity index is 808. The predicted octanol–water partition coefficient (Wildman–Crippen LogP) is 2.60. The first kappa shape index (κ1) is 19.9. The lowest BCUT2D eigenvalue weighted by atomic mass is 9.79. The van der Waals surface area contributed by atoms with Crippen LogP contribution in [0.15, 0.2) is 60.7 Å². The molecule has 0 aliphatic carbocycles. The minimum Gasteiger partial charge on any atom is -0.388 e. The molecule has 1 heterocycles. The molecular formula is C22H27N3O3. The molecule has 0 radical (unpaired) electrons. The second kappa shape index (κ2) is 8.44. The molecule has 1 aliphatic rings. The molecule has 0 aromatic heterocycles. The number of piperidine rings is 1. The van der Waals surface area contributed by atoms with Gasteiger partial charge in [0.1, 0.15) is 0 Å². The molecule has 3 N–H and O–H groups in total. The van der Waals surface area contributed by atoms with Crippen molar-refractivity contribution in [1.29, 1.82) is 0 Å². The molecule has 2 aromatic carbocycles. The summed E-state index contributed by atoms with van der Waals surface area (Å²) in [7, 11) is 0. The van der Waals surface area contributed by atoms with Crippen molar-refractivity contribution in [3.05, 3.63) is 71.8 Å². The third-order valence-electron chi connectivity index (χ3n) is 5.23. The number of likely N-dealkylation sites (tertiary alicyclic amines) is 1. The van der Waals surface area contributed by atoms with E-state index in [4.69, 9.17) is 0 Å². The zero-order valence-corrected chi connectivity index (χ0v) is 16.3. The van der Waals surface area contributed by atoms with Crippen LogP contribution in [0.3, 0.4) is 0 Å². The van der Waals surface area contributed by atoms with Crippen LogP contribution in [-0.4, -0.2) is 40.1 Å². The van der Waals surface area contributed by atoms with E-state index < -0.39 is 17.7 Å². The molecule has 3 amide bonds. The number of aliphatic hydroxyl groups is 1. The maximum atomic E-state index is 13.0. The Morgan fingerprint density at radius 3 is 2.32 bits per heavy atom. The van der Waals surface area contributed by atoms with Gasteiger partial charge in [-0.2, -0.15) is 0 Å². The van der Waals surface area contributed by atoms with Crippen LogP contribution < -0.4 is 10.6 Å². The number of carbonyl (C=O) groups is 2. The highest BCUT2D eigenvalue weighted by molar-refractivity contribution is 5.76. The topological polar surface area (TPSA) is 81.7 Å². The first-order valence-corrected chi connectivity index (χ1v) is 9.51. The van der Waals surface area contributed by atoms with Gasteiger partial charge in [-0.15, -0.1) is 0 Å². The predicted molar refractivity (Wildman–Crippen MR) is 107 cm³/mol. The standard InChI is InChI=1S/C22H27N3O3/c1-16(26)24-20-19(18-11-7-4-8-12-18)25(14-13-22(20,2)28)21(27)23-15-17-9-5-3-6-10-17/h3-12,19-20,28H,13-15H2,1-2H3,(H,23,27)(H,24,26)/t19-,20-,22+/m0/s1. The van der Waals surface area contributed by atoms with Crippen molar-refractivity contribution >= 4 is 11.9 Å². The van der Waals surface area contributed by atoms with E-state index in [0.717, 1.165) is 11.1 Å². The van der Waals surface area contributed by atoms with Crippen molar-refractivity contribution in [3.8, 4) is 0 Å². The molecule has 0 spiro atoms. The van der Waals surface area contributed by atoms with Gasteiger partial charge in [-0.1, -0.05) is 60.7 Å². The van der Waals surface area contributed by atoms with E-state index in [1.807, 2.05) is 60.7 Å². The SMILES string of the molecule is CC(=O)N[C@H]1[C@H](c2ccccc2)N(C(=O)NCc2ccccc2)CC[C@@]1(C)O. The summed E-state index contributed by atoms with van der Waals surface area (Å²) in [5.41, 5.74) is 0.758. The van der Waals surface area contributed by atoms with Crippen LogP contribution in [0.4, 0.5) is 4.79 Å². The zero-order valence-electron chi connectivity index (χ0n) is 16.3. The van der Waals surface area contributed by atoms with Gasteiger partial charge < -0.3 is 20.6 Å². The Labute approximate surface area is 165 Å². The van der Waals surface area contributed by atoms with Gasteiger partial charge in [0.25, 0.3) is 0 Å². The van der Waals surface area contributed by atoms with Crippen LogP contribution in [0.2, 0.25) is 0 Å². The van der Waals surface area contributed by atoms with Crippen LogP contribution in [-0.2, 0) is 11.3 Å². The number of nitrogens with one attached hydrogen (secondary N) is 2. The molecule has 2 aromatic rings. The third kappa shape index (κ3) is 4.51. The van der Waals surface area contributed by atoms with Gasteiger partial charge in [0.2, 0.25) is 5.91 Å². The summed E-state index contributed by atoms with van der Waals surface area (Å²) >= 11 is 0. The van der Waals surface area contributed by atoms with E-state index in [2.05, 4.69) is 10.6 Å². The van der Waals surface area contributed by atoms with Gasteiger partial charge in [-0.3, -0.25) is 4.79 Å². The van der Waals surface area contributed by atoms with Crippen molar-refractivity contribution in [1.82, 2.24) is 15.5 Å². The summed E-state index contributed by atoms with van der Waals surface area (Å²) in [6.07, 6.45) is 0.375. The fourth-order valence-corrected chi connectivity index (χ4v) is 3.74. The second-order valence-corrected chi connectivity index (χ2v) is 7.48. The monoisotopic (exact) mass is 381 g/mol. The Morgan fingerprint density at radius 2 is 1.71 bits per heavy atom. The van der Waals surface area contributed by atoms with Crippen LogP contribution in [0.1, 0.15) is 37.4 Å². The highest BCUT2D eigenvalue weighted by Crippen LogP contribution is 2.37. The Morgan fingerprint density at radius 1 is 1.11 bits per heavy atom. The lowest BCUT2D eigenvalue weighted by Crippen LogP contribution is -2.64. The minimum absolute atomic E-state index is 0.219. The molecule has 6 heteroatoms. The highest BCUT2D eigenvalue weighted by atomic mass is 16.3. The maximum Gasteiger partial charge on any atom is 0.318 e. The average Bonchev–Trinajstić information content (AvgIpc) is 2.68. The van der Waals surface area contributed by atoms with Gasteiger partial charge in [-0.05, 0) is 24.5 Å². The molecule has 0 bridgehead atoms. The summed E-state index contributed by atoms with van der Waals surface area (Å²) in [5.74, 6) is -0.238. The van der Waals surface area contributed by atoms with Gasteiger partial charge in [0.15, 0.2) is 0 Å². The smallest absolute Gasteiger partial charge is 0.318 e. The summed E-state index contributed by atoms with van der Waals surface area (Å²) in [6, 6.07) is 17.9. The number of benzene rings is 2. The average molecular weight is 381 g/mol. The van der Waals surface area contributed by atoms with E-state index in [0.29, 0.717) is 19.5 Å². The van der Waals surface area contributed by atoms with Crippen LogP contribution in [0, 0.1) is 0 Å². The van der Waals surface area contributed by atoms with Gasteiger partial charge in [0.05, 0.1) is 17.7 Å². The number of amides is 3. The van der Waals surface area contributed by atoms with Crippen molar-refractivity contribution in [2.24, 2.45) is 0 Å². The third-order valence-corrected chi connectivity index (χ3v) is 5.23. The van der Waals surface area contributed by atoms with Crippen molar-refractivity contribution in [2.75, 3.05) is 6.54 Å². The molecule has 0 unspecified atom stereocenters. The van der Waals surface area contributed by atoms with Crippen molar-refractivity contribution in [2.45, 2.75) is 44.5 Å². The Kier molecular flexibility index (Phi) is 5.99. The van der Waals surface area contributed by atoms with E-state index in [1.165, 1.54) is 6.92 Å². The molecule has 1 aliphatic heterocycles. The molecule has 28 heavy (non-hydrogen) atoms. The summed E-state index contributed by atoms with van der Waals surface area (Å²) in [4.78, 5) is 26.5. The lowest BCUT2D eigenvalue weighted by molar-refractivity contribution is -0.125. The molecule has 1 fully saturated rings. The lowest BCUT2D eigenvalue weighted by Gasteiger charge is -2.48. The minimum atomic E-state index is -1.12. The number of urea groups is 1. The van der Waals surface area contributed by atoms with E-state index >= 15 is 0 Å². The van der Waals surface area contributed by atoms with E-state index in [1.54, 1.807) is 11.8 Å². The Balaban J connectivity index is 1.87. The van der Waals surface area contributed by atoms with E-state index in [-0.39, 0.29) is 11.9 Å². The van der Waals surface area contributed by atoms with E-state index in [9.17, 15) is 14.7 Å². The summed E-state index contributed by atoms with van der Waals surface area (Å²) in [6.45, 7) is 3.94. The molecular weight excluding hydrogens is 354 g/mol. The fourth-order valence-electron chi connectivity index (χ4n) is 3.74. The number of nitrogens with zero attached hydrogens (tertiary/aromatic N) is 1. The highest BCUT2D eigenvalue weighted by Gasteiger charge is 2.47. The molecule has 3 atom stereocenters. The van der Waals surface area contributed by atoms with Gasteiger partial charge >= 0.3 is 6.03 Å². The molecule has 3 rings (SSSR count). The van der Waals surface area contributed by atoms with Crippen LogP contribution in [0.25, 0.3) is 0 Å². The van der Waals surface area contributed by atoms with Gasteiger partial charge in [0, 0.05) is 20.0 Å². The van der Waals surface area contributed by atoms with Crippen LogP contribution >= 0.6 is 0 Å². The van der Waals surface area contributed by atoms with Crippen molar-refractivity contribution in [3.63, 3.8) is 0 Å². The number of hydrogen-bond acceptors (Lipinski definition) is 3. The molecule has 148 valence electrons. The quantitative estimate of drug-likeness (QED) is 0.761. The first-order valence-electron chi connectivity index (χ1n) is 9.51. The molecule has 0 saturated carbocycles.